The van der Waals surface area contributed by atoms with E-state index in [0.717, 1.165) is 12.4 Å². The van der Waals surface area contributed by atoms with E-state index in [4.69, 9.17) is 4.74 Å². The number of aryl methyl sites for hydroxylation is 1. The average Bonchev–Trinajstić information content (AvgIpc) is 3.27. The van der Waals surface area contributed by atoms with E-state index < -0.39 is 29.8 Å². The summed E-state index contributed by atoms with van der Waals surface area (Å²) in [5, 5.41) is 11.3. The molecule has 1 aliphatic rings. The zero-order valence-electron chi connectivity index (χ0n) is 18.9. The third-order valence-electron chi connectivity index (χ3n) is 6.12. The lowest BCUT2D eigenvalue weighted by Gasteiger charge is -2.32. The number of aromatic nitrogens is 2. The van der Waals surface area contributed by atoms with Crippen molar-refractivity contribution in [3.05, 3.63) is 54.1 Å². The van der Waals surface area contributed by atoms with Crippen LogP contribution in [0.3, 0.4) is 0 Å². The highest BCUT2D eigenvalue weighted by Crippen LogP contribution is 2.47. The van der Waals surface area contributed by atoms with Crippen LogP contribution in [0.4, 0.5) is 8.78 Å². The number of ether oxygens (including phenoxy) is 1. The van der Waals surface area contributed by atoms with Crippen LogP contribution in [-0.2, 0) is 28.2 Å². The third kappa shape index (κ3) is 5.95. The lowest BCUT2D eigenvalue weighted by Crippen LogP contribution is -3.00. The molecule has 0 bridgehead atoms. The maximum atomic E-state index is 13.8. The Bertz CT molecular complexity index is 889. The molecular formula is C24H33BrF2N2O3. The predicted octanol–water partition coefficient (Wildman–Crippen LogP) is 1.00. The molecule has 5 nitrogen and oxygen atoms in total. The number of aliphatic hydroxyl groups is 1. The van der Waals surface area contributed by atoms with E-state index in [1.165, 1.54) is 0 Å². The van der Waals surface area contributed by atoms with E-state index >= 15 is 0 Å². The van der Waals surface area contributed by atoms with E-state index in [1.54, 1.807) is 30.3 Å². The molecule has 2 atom stereocenters. The van der Waals surface area contributed by atoms with Crippen LogP contribution in [0.1, 0.15) is 50.9 Å². The summed E-state index contributed by atoms with van der Waals surface area (Å²) in [5.41, 5.74) is -1.76. The van der Waals surface area contributed by atoms with Gasteiger partial charge in [-0.3, -0.25) is 0 Å². The second kappa shape index (κ2) is 10.9. The fourth-order valence-corrected chi connectivity index (χ4v) is 4.39. The van der Waals surface area contributed by atoms with Crippen molar-refractivity contribution in [2.45, 2.75) is 71.1 Å². The van der Waals surface area contributed by atoms with Gasteiger partial charge in [0.05, 0.1) is 19.7 Å². The second-order valence-electron chi connectivity index (χ2n) is 9.00. The molecule has 0 radical (unpaired) electrons. The monoisotopic (exact) mass is 514 g/mol. The third-order valence-corrected chi connectivity index (χ3v) is 6.12. The summed E-state index contributed by atoms with van der Waals surface area (Å²) < 4.78 is 37.4. The number of rotatable bonds is 9. The van der Waals surface area contributed by atoms with Gasteiger partial charge in [0.25, 0.3) is 5.82 Å². The van der Waals surface area contributed by atoms with Crippen molar-refractivity contribution in [2.24, 2.45) is 11.8 Å². The van der Waals surface area contributed by atoms with Crippen molar-refractivity contribution in [3.8, 4) is 0 Å². The van der Waals surface area contributed by atoms with Gasteiger partial charge in [-0.2, -0.15) is 0 Å². The smallest absolute Gasteiger partial charge is 0.343 e. The number of esters is 1. The molecule has 0 saturated heterocycles. The Kier molecular flexibility index (Phi) is 8.99. The number of hydrogen-bond donors (Lipinski definition) is 1. The quantitative estimate of drug-likeness (QED) is 0.308. The van der Waals surface area contributed by atoms with E-state index in [9.17, 15) is 18.7 Å². The lowest BCUT2D eigenvalue weighted by atomic mass is 9.80. The van der Waals surface area contributed by atoms with Crippen molar-refractivity contribution < 1.29 is 45.0 Å². The van der Waals surface area contributed by atoms with E-state index in [2.05, 4.69) is 23.0 Å². The van der Waals surface area contributed by atoms with Crippen molar-refractivity contribution in [1.29, 1.82) is 0 Å². The van der Waals surface area contributed by atoms with Crippen LogP contribution < -0.4 is 21.5 Å². The van der Waals surface area contributed by atoms with Crippen molar-refractivity contribution in [3.63, 3.8) is 0 Å². The average molecular weight is 515 g/mol. The summed E-state index contributed by atoms with van der Waals surface area (Å²) in [4.78, 5) is 12.9. The standard InChI is InChI=1S/C24H33F2N2O3.BrH/c1-18(2)17-28-14-13-27(19(28)3)12-7-15-31-22(29)24(30,20-8-5-4-6-9-20)21-10-11-23(25,26)16-21;/h4-6,8-9,13-14,18,21,30H,7,10-12,15-17H2,1-3H3;1H/q+1;/p-1/t21-,24+;/m1./s1. The molecule has 1 aromatic heterocycles. The number of alkyl halides is 2. The molecular weight excluding hydrogens is 482 g/mol. The Labute approximate surface area is 199 Å². The van der Waals surface area contributed by atoms with Gasteiger partial charge in [-0.15, -0.1) is 0 Å². The Morgan fingerprint density at radius 2 is 2.03 bits per heavy atom. The summed E-state index contributed by atoms with van der Waals surface area (Å²) >= 11 is 0. The molecule has 1 heterocycles. The number of carbonyl (C=O) groups is 1. The highest BCUT2D eigenvalue weighted by atomic mass is 79.9. The first kappa shape index (κ1) is 26.5. The number of halogens is 3. The van der Waals surface area contributed by atoms with Crippen molar-refractivity contribution in [2.75, 3.05) is 6.61 Å². The first-order chi connectivity index (χ1) is 14.6. The highest BCUT2D eigenvalue weighted by molar-refractivity contribution is 5.81. The molecule has 3 rings (SSSR count). The molecule has 2 aromatic rings. The minimum Gasteiger partial charge on any atom is -1.00 e. The van der Waals surface area contributed by atoms with Gasteiger partial charge >= 0.3 is 5.97 Å². The molecule has 1 saturated carbocycles. The minimum atomic E-state index is -2.87. The molecule has 1 aliphatic carbocycles. The van der Waals surface area contributed by atoms with Gasteiger partial charge in [-0.1, -0.05) is 44.2 Å². The van der Waals surface area contributed by atoms with Crippen molar-refractivity contribution >= 4 is 5.97 Å². The van der Waals surface area contributed by atoms with Crippen LogP contribution >= 0.6 is 0 Å². The van der Waals surface area contributed by atoms with Crippen LogP contribution in [0, 0.1) is 18.8 Å². The zero-order valence-corrected chi connectivity index (χ0v) is 20.5. The number of nitrogens with zero attached hydrogens (tertiary/aromatic N) is 2. The summed E-state index contributed by atoms with van der Waals surface area (Å²) in [6.07, 6.45) is 3.83. The van der Waals surface area contributed by atoms with Gasteiger partial charge in [0.1, 0.15) is 12.4 Å². The normalized spacial score (nSPS) is 19.4. The Hall–Kier alpha value is -1.80. The fraction of sp³-hybridized carbons (Fsp3) is 0.583. The number of hydrogen-bond acceptors (Lipinski definition) is 3. The number of carbonyl (C=O) groups excluding carboxylic acids is 1. The van der Waals surface area contributed by atoms with Gasteiger partial charge in [0.15, 0.2) is 5.60 Å². The van der Waals surface area contributed by atoms with Crippen molar-refractivity contribution in [1.82, 2.24) is 4.57 Å². The molecule has 0 aliphatic heterocycles. The largest absolute Gasteiger partial charge is 1.00 e. The Morgan fingerprint density at radius 1 is 1.34 bits per heavy atom. The highest BCUT2D eigenvalue weighted by Gasteiger charge is 2.54. The Balaban J connectivity index is 0.00000363. The molecule has 0 spiro atoms. The summed E-state index contributed by atoms with van der Waals surface area (Å²) in [5.74, 6) is -2.93. The number of benzene rings is 1. The fourth-order valence-electron chi connectivity index (χ4n) is 4.39. The van der Waals surface area contributed by atoms with Gasteiger partial charge in [-0.25, -0.2) is 22.7 Å². The molecule has 1 N–H and O–H groups in total. The molecule has 32 heavy (non-hydrogen) atoms. The van der Waals surface area contributed by atoms with Gasteiger partial charge in [0.2, 0.25) is 5.92 Å². The first-order valence-electron chi connectivity index (χ1n) is 11.0. The number of imidazole rings is 1. The maximum absolute atomic E-state index is 13.8. The SMILES string of the molecule is Cc1n(CCCOC(=O)[C@](O)(c2ccccc2)[C@@H]2CCC(F)(F)C2)cc[n+]1CC(C)C.[Br-]. The van der Waals surface area contributed by atoms with Crippen LogP contribution in [0.2, 0.25) is 0 Å². The van der Waals surface area contributed by atoms with Crippen LogP contribution in [0.25, 0.3) is 0 Å². The molecule has 1 fully saturated rings. The van der Waals surface area contributed by atoms with Gasteiger partial charge in [-0.05, 0) is 17.9 Å². The lowest BCUT2D eigenvalue weighted by molar-refractivity contribution is -0.707. The van der Waals surface area contributed by atoms with Crippen LogP contribution in [0.15, 0.2) is 42.7 Å². The zero-order chi connectivity index (χ0) is 22.6. The second-order valence-corrected chi connectivity index (χ2v) is 9.00. The maximum Gasteiger partial charge on any atom is 0.343 e. The topological polar surface area (TPSA) is 55.3 Å². The predicted molar refractivity (Wildman–Crippen MR) is 112 cm³/mol. The van der Waals surface area contributed by atoms with E-state index in [-0.39, 0.29) is 36.4 Å². The molecule has 0 amide bonds. The van der Waals surface area contributed by atoms with Gasteiger partial charge < -0.3 is 26.8 Å². The van der Waals surface area contributed by atoms with E-state index in [0.29, 0.717) is 24.4 Å². The Morgan fingerprint density at radius 3 is 2.62 bits per heavy atom. The van der Waals surface area contributed by atoms with Crippen LogP contribution in [0.5, 0.6) is 0 Å². The molecule has 1 aromatic carbocycles. The summed E-state index contributed by atoms with van der Waals surface area (Å²) in [6, 6.07) is 8.30. The summed E-state index contributed by atoms with van der Waals surface area (Å²) in [6.45, 7) is 8.08. The minimum absolute atomic E-state index is 0. The van der Waals surface area contributed by atoms with Gasteiger partial charge in [0, 0.05) is 32.1 Å². The van der Waals surface area contributed by atoms with Crippen LogP contribution in [-0.4, -0.2) is 28.2 Å². The molecule has 178 valence electrons. The first-order valence-corrected chi connectivity index (χ1v) is 11.0. The molecule has 0 unspecified atom stereocenters. The van der Waals surface area contributed by atoms with E-state index in [1.807, 2.05) is 19.3 Å². The molecule has 8 heteroatoms. The summed E-state index contributed by atoms with van der Waals surface area (Å²) in [7, 11) is 0.